The molecule has 1 saturated carbocycles. The number of rotatable bonds is 9. The molecule has 57 heavy (non-hydrogen) atoms. The van der Waals surface area contributed by atoms with Crippen LogP contribution in [-0.2, 0) is 22.0 Å². The minimum absolute atomic E-state index is 0.0365. The number of para-hydroxylation sites is 1. The van der Waals surface area contributed by atoms with Crippen LogP contribution in [0.4, 0.5) is 5.69 Å². The molecule has 10 atom stereocenters. The number of hydrogen-bond donors (Lipinski definition) is 4. The van der Waals surface area contributed by atoms with Crippen molar-refractivity contribution in [1.29, 1.82) is 0 Å². The number of hydrogen-bond acceptors (Lipinski definition) is 7. The molecule has 6 heterocycles. The van der Waals surface area contributed by atoms with E-state index in [1.165, 1.54) is 27.8 Å². The summed E-state index contributed by atoms with van der Waals surface area (Å²) in [7, 11) is 4.81. The van der Waals surface area contributed by atoms with Crippen molar-refractivity contribution in [2.45, 2.75) is 120 Å². The predicted octanol–water partition coefficient (Wildman–Crippen LogP) is 6.05. The van der Waals surface area contributed by atoms with Gasteiger partial charge >= 0.3 is 0 Å². The quantitative estimate of drug-likeness (QED) is 0.119. The number of carbonyl (C=O) groups is 1. The molecular formula is C47H65N5O4Si. The number of aromatic amines is 1. The molecule has 3 aromatic rings. The number of benzene rings is 2. The average Bonchev–Trinajstić information content (AvgIpc) is 3.87. The first-order valence-electron chi connectivity index (χ1n) is 21.9. The van der Waals surface area contributed by atoms with E-state index in [2.05, 4.69) is 115 Å². The number of piperidine rings is 1. The lowest BCUT2D eigenvalue weighted by molar-refractivity contribution is -0.170. The summed E-state index contributed by atoms with van der Waals surface area (Å²) in [4.78, 5) is 26.4. The van der Waals surface area contributed by atoms with Crippen LogP contribution >= 0.6 is 0 Å². The van der Waals surface area contributed by atoms with Crippen LogP contribution in [0.3, 0.4) is 0 Å². The molecular weight excluding hydrogens is 727 g/mol. The van der Waals surface area contributed by atoms with Crippen molar-refractivity contribution in [1.82, 2.24) is 20.1 Å². The van der Waals surface area contributed by atoms with Crippen molar-refractivity contribution in [3.05, 3.63) is 70.9 Å². The van der Waals surface area contributed by atoms with Gasteiger partial charge in [-0.2, -0.15) is 0 Å². The van der Waals surface area contributed by atoms with Gasteiger partial charge in [-0.1, -0.05) is 56.8 Å². The minimum Gasteiger partial charge on any atom is -0.496 e. The second-order valence-electron chi connectivity index (χ2n) is 19.2. The third-order valence-corrected chi connectivity index (χ3v) is 17.2. The third kappa shape index (κ3) is 5.41. The minimum atomic E-state index is -1.08. The van der Waals surface area contributed by atoms with Gasteiger partial charge in [-0.3, -0.25) is 14.6 Å². The van der Waals surface area contributed by atoms with Gasteiger partial charge in [0, 0.05) is 105 Å². The Balaban J connectivity index is 1.27. The Labute approximate surface area is 342 Å². The monoisotopic (exact) mass is 791 g/mol. The van der Waals surface area contributed by atoms with E-state index in [9.17, 15) is 15.0 Å². The molecule has 2 aromatic carbocycles. The van der Waals surface area contributed by atoms with Gasteiger partial charge in [0.25, 0.3) is 0 Å². The molecule has 3 fully saturated rings. The Morgan fingerprint density at radius 1 is 1.09 bits per heavy atom. The number of aromatic nitrogens is 1. The summed E-state index contributed by atoms with van der Waals surface area (Å²) in [5.74, 6) is 1.10. The number of amides is 1. The van der Waals surface area contributed by atoms with Gasteiger partial charge in [-0.25, -0.2) is 0 Å². The van der Waals surface area contributed by atoms with Crippen molar-refractivity contribution in [2.24, 2.45) is 16.7 Å². The standard InChI is InChI=1S/C47H65N5O4Si/c1-8-45(55)27-30-26-43(3,38-32(16-21-51(28-30)29-45)31-14-10-11-15-35(31)49-38)34-24-33-36(25-37(34)56-6)50(5)39-44(4,42(54)48-19-13-23-57-7)41(53)46(9-2)17-12-20-52-22-18-47(33,39)40(46)52/h10-12,14-15,17,24-25,30,39-41,49,53,55H,8-9,13,16,18-23,26-29H2,1-7H3,(H,48,54)/t30-,39-,40-,41-,43+,44+,45-,46+,47-/m0/s1. The number of anilines is 1. The van der Waals surface area contributed by atoms with Crippen LogP contribution in [0.25, 0.3) is 10.9 Å². The summed E-state index contributed by atoms with van der Waals surface area (Å²) < 4.78 is 6.52. The molecule has 2 bridgehead atoms. The molecule has 1 spiro atoms. The van der Waals surface area contributed by atoms with E-state index in [0.29, 0.717) is 6.54 Å². The molecule has 1 aromatic heterocycles. The van der Waals surface area contributed by atoms with Crippen LogP contribution in [-0.4, -0.2) is 118 Å². The predicted molar refractivity (Wildman–Crippen MR) is 230 cm³/mol. The van der Waals surface area contributed by atoms with Crippen molar-refractivity contribution in [3.8, 4) is 5.75 Å². The number of fused-ring (bicyclic) bond motifs is 6. The van der Waals surface area contributed by atoms with E-state index < -0.39 is 33.4 Å². The Bertz CT molecular complexity index is 2090. The number of nitrogens with one attached hydrogen (secondary N) is 2. The fourth-order valence-electron chi connectivity index (χ4n) is 14.0. The molecule has 5 aliphatic heterocycles. The van der Waals surface area contributed by atoms with E-state index in [4.69, 9.17) is 4.74 Å². The van der Waals surface area contributed by atoms with Crippen molar-refractivity contribution in [3.63, 3.8) is 0 Å². The highest BCUT2D eigenvalue weighted by Crippen LogP contribution is 2.69. The number of nitrogens with zero attached hydrogens (tertiary/aromatic N) is 3. The van der Waals surface area contributed by atoms with Crippen LogP contribution in [0, 0.1) is 16.7 Å². The van der Waals surface area contributed by atoms with Crippen molar-refractivity contribution in [2.75, 3.05) is 58.3 Å². The maximum atomic E-state index is 14.9. The van der Waals surface area contributed by atoms with Crippen LogP contribution in [0.2, 0.25) is 12.6 Å². The zero-order chi connectivity index (χ0) is 40.1. The molecule has 1 aliphatic carbocycles. The summed E-state index contributed by atoms with van der Waals surface area (Å²) >= 11 is 0. The largest absolute Gasteiger partial charge is 0.496 e. The molecule has 4 N–H and O–H groups in total. The third-order valence-electron chi connectivity index (χ3n) is 16.3. The van der Waals surface area contributed by atoms with Crippen LogP contribution < -0.4 is 15.0 Å². The van der Waals surface area contributed by atoms with Gasteiger partial charge in [0.05, 0.1) is 30.3 Å². The van der Waals surface area contributed by atoms with Gasteiger partial charge in [0.15, 0.2) is 0 Å². The lowest BCUT2D eigenvalue weighted by atomic mass is 9.44. The van der Waals surface area contributed by atoms with E-state index in [-0.39, 0.29) is 23.9 Å². The maximum absolute atomic E-state index is 14.9. The van der Waals surface area contributed by atoms with E-state index >= 15 is 0 Å². The van der Waals surface area contributed by atoms with Crippen LogP contribution in [0.1, 0.15) is 88.6 Å². The number of carbonyl (C=O) groups excluding carboxylic acids is 1. The molecule has 2 saturated heterocycles. The smallest absolute Gasteiger partial charge is 0.230 e. The molecule has 306 valence electrons. The molecule has 9 rings (SSSR count). The SMILES string of the molecule is CC[C@]1(O)C[C@H]2CN(CCc3c([nH]c4ccccc34)[C@@](C)(c3cc4c(cc3OC)N(C)[C@H]3[C@@](C)(C(=O)NCCC[Si]C)[C@H](O)[C@]5(CC)C=CCN6CC[C@]43[C@@H]65)C2)C1. The Morgan fingerprint density at radius 3 is 2.65 bits per heavy atom. The zero-order valence-corrected chi connectivity index (χ0v) is 36.4. The Morgan fingerprint density at radius 2 is 1.89 bits per heavy atom. The highest BCUT2D eigenvalue weighted by Gasteiger charge is 2.77. The molecule has 10 heteroatoms. The normalized spacial score (nSPS) is 38.1. The number of aliphatic hydroxyl groups excluding tert-OH is 1. The Hall–Kier alpha value is -3.15. The lowest BCUT2D eigenvalue weighted by Gasteiger charge is -2.64. The zero-order valence-electron chi connectivity index (χ0n) is 35.4. The van der Waals surface area contributed by atoms with Gasteiger partial charge in [0.2, 0.25) is 5.91 Å². The number of ether oxygens (including phenoxy) is 1. The first-order valence-corrected chi connectivity index (χ1v) is 23.6. The highest BCUT2D eigenvalue weighted by atomic mass is 28.2. The number of aliphatic hydroxyl groups is 2. The summed E-state index contributed by atoms with van der Waals surface area (Å²) in [5, 5.41) is 29.5. The van der Waals surface area contributed by atoms with E-state index in [1.807, 2.05) is 0 Å². The van der Waals surface area contributed by atoms with Crippen molar-refractivity contribution < 1.29 is 19.7 Å². The summed E-state index contributed by atoms with van der Waals surface area (Å²) in [6.07, 6.45) is 9.57. The molecule has 6 aliphatic rings. The highest BCUT2D eigenvalue weighted by molar-refractivity contribution is 6.33. The second kappa shape index (κ2) is 14.0. The van der Waals surface area contributed by atoms with Gasteiger partial charge < -0.3 is 30.2 Å². The number of likely N-dealkylation sites (N-methyl/N-ethyl adjacent to an activating group) is 1. The van der Waals surface area contributed by atoms with Gasteiger partial charge in [0.1, 0.15) is 5.75 Å². The second-order valence-corrected chi connectivity index (χ2v) is 20.4. The van der Waals surface area contributed by atoms with Crippen LogP contribution in [0.15, 0.2) is 48.6 Å². The summed E-state index contributed by atoms with van der Waals surface area (Å²) in [6, 6.07) is 14.4. The number of H-pyrrole nitrogens is 1. The molecule has 1 amide bonds. The average molecular weight is 792 g/mol. The van der Waals surface area contributed by atoms with E-state index in [0.717, 1.165) is 110 Å². The summed E-state index contributed by atoms with van der Waals surface area (Å²) in [5.41, 5.74) is 4.07. The Kier molecular flexibility index (Phi) is 9.63. The molecule has 2 radical (unpaired) electrons. The first kappa shape index (κ1) is 39.3. The van der Waals surface area contributed by atoms with Gasteiger partial charge in [-0.05, 0) is 94.5 Å². The van der Waals surface area contributed by atoms with Gasteiger partial charge in [-0.15, -0.1) is 0 Å². The fourth-order valence-corrected chi connectivity index (χ4v) is 14.5. The topological polar surface area (TPSA) is 104 Å². The lowest BCUT2D eigenvalue weighted by Crippen LogP contribution is -2.77. The molecule has 1 unspecified atom stereocenters. The summed E-state index contributed by atoms with van der Waals surface area (Å²) in [6.45, 7) is 16.0. The number of methoxy groups -OCH3 is 1. The van der Waals surface area contributed by atoms with Crippen molar-refractivity contribution >= 4 is 32.0 Å². The fraction of sp³-hybridized carbons (Fsp3) is 0.638. The van der Waals surface area contributed by atoms with E-state index in [1.54, 1.807) is 7.11 Å². The first-order chi connectivity index (χ1) is 27.3. The van der Waals surface area contributed by atoms with Crippen LogP contribution in [0.5, 0.6) is 5.75 Å². The molecule has 9 nitrogen and oxygen atoms in total. The maximum Gasteiger partial charge on any atom is 0.230 e.